The van der Waals surface area contributed by atoms with E-state index in [-0.39, 0.29) is 15.2 Å². The minimum atomic E-state index is -3.83. The number of carbonyl (C=O) groups excluding carboxylic acids is 1. The van der Waals surface area contributed by atoms with Gasteiger partial charge in [-0.1, -0.05) is 11.3 Å². The first kappa shape index (κ1) is 20.4. The molecule has 0 unspecified atom stereocenters. The number of nitrogens with zero attached hydrogens (tertiary/aromatic N) is 5. The minimum Gasteiger partial charge on any atom is -0.340 e. The molecule has 0 radical (unpaired) electrons. The van der Waals surface area contributed by atoms with Crippen molar-refractivity contribution in [1.82, 2.24) is 24.7 Å². The van der Waals surface area contributed by atoms with Crippen molar-refractivity contribution in [2.45, 2.75) is 11.1 Å². The number of carbonyl (C=O) groups is 1. The van der Waals surface area contributed by atoms with Crippen LogP contribution in [0, 0.1) is 0 Å². The summed E-state index contributed by atoms with van der Waals surface area (Å²) in [5.74, 6) is 0.842. The second-order valence-corrected chi connectivity index (χ2v) is 9.13. The van der Waals surface area contributed by atoms with Crippen molar-refractivity contribution in [3.05, 3.63) is 61.3 Å². The molecular formula is C18H16N8O3S2. The normalized spacial score (nSPS) is 11.1. The van der Waals surface area contributed by atoms with Crippen molar-refractivity contribution < 1.29 is 13.2 Å². The lowest BCUT2D eigenvalue weighted by Crippen LogP contribution is -2.11. The lowest BCUT2D eigenvalue weighted by molar-refractivity contribution is -0.114. The zero-order chi connectivity index (χ0) is 21.8. The number of thiazole rings is 1. The number of anilines is 4. The Kier molecular flexibility index (Phi) is 5.60. The second-order valence-electron chi connectivity index (χ2n) is 6.19. The average Bonchev–Trinajstić information content (AvgIpc) is 3.42. The fourth-order valence-corrected chi connectivity index (χ4v) is 4.65. The van der Waals surface area contributed by atoms with Crippen molar-refractivity contribution >= 4 is 49.6 Å². The van der Waals surface area contributed by atoms with Gasteiger partial charge in [-0.25, -0.2) is 28.1 Å². The Hall–Kier alpha value is -3.84. The van der Waals surface area contributed by atoms with Crippen LogP contribution in [0.2, 0.25) is 0 Å². The van der Waals surface area contributed by atoms with Crippen LogP contribution in [0.25, 0.3) is 5.82 Å². The summed E-state index contributed by atoms with van der Waals surface area (Å²) in [4.78, 5) is 23.3. The maximum Gasteiger partial charge on any atom is 0.273 e. The van der Waals surface area contributed by atoms with Gasteiger partial charge in [0.2, 0.25) is 5.91 Å². The summed E-state index contributed by atoms with van der Waals surface area (Å²) in [6.07, 6.45) is 6.05. The molecule has 3 N–H and O–H groups in total. The third kappa shape index (κ3) is 5.02. The molecule has 13 heteroatoms. The molecule has 0 fully saturated rings. The highest BCUT2D eigenvalue weighted by Crippen LogP contribution is 2.26. The number of nitrogens with one attached hydrogen (secondary N) is 3. The zero-order valence-electron chi connectivity index (χ0n) is 16.1. The zero-order valence-corrected chi connectivity index (χ0v) is 17.7. The van der Waals surface area contributed by atoms with Crippen LogP contribution >= 0.6 is 11.3 Å². The Balaban J connectivity index is 1.44. The molecule has 158 valence electrons. The number of hydrogen-bond acceptors (Lipinski definition) is 9. The number of rotatable bonds is 7. The minimum absolute atomic E-state index is 0.00871. The summed E-state index contributed by atoms with van der Waals surface area (Å²) in [7, 11) is -3.83. The SMILES string of the molecule is CC(=O)Nc1ncc(S(=O)(=O)Nc2ccc(Nc3cc(-n4cccn4)ncn3)cc2)s1. The van der Waals surface area contributed by atoms with Crippen LogP contribution in [0.5, 0.6) is 0 Å². The van der Waals surface area contributed by atoms with Crippen LogP contribution < -0.4 is 15.4 Å². The first-order valence-corrected chi connectivity index (χ1v) is 11.1. The molecular weight excluding hydrogens is 440 g/mol. The van der Waals surface area contributed by atoms with Crippen LogP contribution in [0.1, 0.15) is 6.92 Å². The van der Waals surface area contributed by atoms with Crippen molar-refractivity contribution in [1.29, 1.82) is 0 Å². The van der Waals surface area contributed by atoms with E-state index in [9.17, 15) is 13.2 Å². The highest BCUT2D eigenvalue weighted by molar-refractivity contribution is 7.94. The van der Waals surface area contributed by atoms with Gasteiger partial charge in [-0.2, -0.15) is 5.10 Å². The fourth-order valence-electron chi connectivity index (χ4n) is 2.51. The third-order valence-electron chi connectivity index (χ3n) is 3.83. The molecule has 0 spiro atoms. The van der Waals surface area contributed by atoms with Gasteiger partial charge >= 0.3 is 0 Å². The largest absolute Gasteiger partial charge is 0.340 e. The monoisotopic (exact) mass is 456 g/mol. The van der Waals surface area contributed by atoms with E-state index in [0.29, 0.717) is 23.0 Å². The molecule has 0 aliphatic carbocycles. The molecule has 0 saturated heterocycles. The van der Waals surface area contributed by atoms with Gasteiger partial charge in [-0.15, -0.1) is 0 Å². The highest BCUT2D eigenvalue weighted by Gasteiger charge is 2.18. The lowest BCUT2D eigenvalue weighted by atomic mass is 10.3. The standard InChI is InChI=1S/C18H16N8O3S2/c1-12(27)23-18-19-10-17(30-18)31(28,29)25-14-5-3-13(4-6-14)24-15-9-16(21-11-20-15)26-8-2-7-22-26/h2-11,25H,1H3,(H,19,23,27)(H,20,21,24). The predicted octanol–water partition coefficient (Wildman–Crippen LogP) is 2.62. The summed E-state index contributed by atoms with van der Waals surface area (Å²) in [6, 6.07) is 10.2. The maximum absolute atomic E-state index is 12.5. The Labute approximate surface area is 181 Å². The Morgan fingerprint density at radius 3 is 2.58 bits per heavy atom. The van der Waals surface area contributed by atoms with E-state index >= 15 is 0 Å². The van der Waals surface area contributed by atoms with Gasteiger partial charge in [0.25, 0.3) is 10.0 Å². The van der Waals surface area contributed by atoms with Crippen LogP contribution in [-0.2, 0) is 14.8 Å². The van der Waals surface area contributed by atoms with Gasteiger partial charge in [0.05, 0.1) is 6.20 Å². The summed E-state index contributed by atoms with van der Waals surface area (Å²) in [5.41, 5.74) is 1.08. The summed E-state index contributed by atoms with van der Waals surface area (Å²) in [5, 5.41) is 9.93. The Morgan fingerprint density at radius 2 is 1.87 bits per heavy atom. The second kappa shape index (κ2) is 8.49. The van der Waals surface area contributed by atoms with Crippen molar-refractivity contribution in [3.8, 4) is 5.82 Å². The van der Waals surface area contributed by atoms with Gasteiger partial charge in [0.1, 0.15) is 12.1 Å². The van der Waals surface area contributed by atoms with Crippen molar-refractivity contribution in [3.63, 3.8) is 0 Å². The molecule has 0 aliphatic rings. The molecule has 0 bridgehead atoms. The quantitative estimate of drug-likeness (QED) is 0.385. The first-order valence-electron chi connectivity index (χ1n) is 8.84. The van der Waals surface area contributed by atoms with Gasteiger partial charge in [0.15, 0.2) is 15.2 Å². The molecule has 1 aromatic carbocycles. The van der Waals surface area contributed by atoms with E-state index in [0.717, 1.165) is 11.3 Å². The summed E-state index contributed by atoms with van der Waals surface area (Å²) in [6.45, 7) is 1.32. The highest BCUT2D eigenvalue weighted by atomic mass is 32.2. The molecule has 3 heterocycles. The van der Waals surface area contributed by atoms with E-state index in [1.807, 2.05) is 0 Å². The molecule has 3 aromatic heterocycles. The molecule has 0 atom stereocenters. The van der Waals surface area contributed by atoms with Gasteiger partial charge in [-0.05, 0) is 30.3 Å². The third-order valence-corrected chi connectivity index (χ3v) is 6.59. The van der Waals surface area contributed by atoms with E-state index < -0.39 is 10.0 Å². The predicted molar refractivity (Wildman–Crippen MR) is 116 cm³/mol. The first-order chi connectivity index (χ1) is 14.9. The molecule has 1 amide bonds. The number of hydrogen-bond donors (Lipinski definition) is 3. The number of amides is 1. The fraction of sp³-hybridized carbons (Fsp3) is 0.0556. The molecule has 4 rings (SSSR count). The Morgan fingerprint density at radius 1 is 1.10 bits per heavy atom. The van der Waals surface area contributed by atoms with E-state index in [1.54, 1.807) is 53.5 Å². The number of aromatic nitrogens is 5. The molecule has 31 heavy (non-hydrogen) atoms. The lowest BCUT2D eigenvalue weighted by Gasteiger charge is -2.09. The molecule has 0 aliphatic heterocycles. The van der Waals surface area contributed by atoms with Crippen LogP contribution in [-0.4, -0.2) is 39.1 Å². The van der Waals surface area contributed by atoms with Crippen LogP contribution in [0.3, 0.4) is 0 Å². The van der Waals surface area contributed by atoms with E-state index in [4.69, 9.17) is 0 Å². The van der Waals surface area contributed by atoms with Crippen molar-refractivity contribution in [2.24, 2.45) is 0 Å². The smallest absolute Gasteiger partial charge is 0.273 e. The van der Waals surface area contributed by atoms with Gasteiger partial charge in [0, 0.05) is 36.8 Å². The summed E-state index contributed by atoms with van der Waals surface area (Å²) < 4.78 is 29.2. The van der Waals surface area contributed by atoms with Crippen LogP contribution in [0.15, 0.2) is 65.5 Å². The molecule has 11 nitrogen and oxygen atoms in total. The van der Waals surface area contributed by atoms with Crippen molar-refractivity contribution in [2.75, 3.05) is 15.4 Å². The molecule has 0 saturated carbocycles. The maximum atomic E-state index is 12.5. The molecule has 4 aromatic rings. The van der Waals surface area contributed by atoms with Gasteiger partial charge < -0.3 is 10.6 Å². The topological polar surface area (TPSA) is 144 Å². The van der Waals surface area contributed by atoms with Gasteiger partial charge in [-0.3, -0.25) is 9.52 Å². The van der Waals surface area contributed by atoms with Crippen LogP contribution in [0.4, 0.5) is 22.3 Å². The van der Waals surface area contributed by atoms with E-state index in [2.05, 4.69) is 35.4 Å². The van der Waals surface area contributed by atoms with E-state index in [1.165, 1.54) is 19.4 Å². The summed E-state index contributed by atoms with van der Waals surface area (Å²) >= 11 is 0.865. The number of sulfonamides is 1. The number of benzene rings is 1. The average molecular weight is 457 g/mol. The Bertz CT molecular complexity index is 1300.